The standard InChI is InChI=1S/C17H15F3N2O/c1-11-9-12(3-4-13(11)10-21-2)16(23)22-15-7-5-14(6-8-15)17(18,19)20/h3-10H,1-2H3,(H,22,23). The summed E-state index contributed by atoms with van der Waals surface area (Å²) >= 11 is 0. The number of alkyl halides is 3. The van der Waals surface area contributed by atoms with Crippen molar-refractivity contribution in [2.24, 2.45) is 4.99 Å². The molecule has 0 bridgehead atoms. The molecule has 0 aliphatic rings. The van der Waals surface area contributed by atoms with Crippen molar-refractivity contribution in [2.75, 3.05) is 12.4 Å². The highest BCUT2D eigenvalue weighted by Crippen LogP contribution is 2.29. The number of rotatable bonds is 3. The molecule has 1 amide bonds. The van der Waals surface area contributed by atoms with Crippen LogP contribution in [0.25, 0.3) is 0 Å². The van der Waals surface area contributed by atoms with Gasteiger partial charge in [0.2, 0.25) is 0 Å². The largest absolute Gasteiger partial charge is 0.416 e. The van der Waals surface area contributed by atoms with Crippen LogP contribution in [0.5, 0.6) is 0 Å². The highest BCUT2D eigenvalue weighted by atomic mass is 19.4. The lowest BCUT2D eigenvalue weighted by Gasteiger charge is -2.09. The first-order valence-corrected chi connectivity index (χ1v) is 6.82. The number of carbonyl (C=O) groups excluding carboxylic acids is 1. The maximum absolute atomic E-state index is 12.5. The van der Waals surface area contributed by atoms with Gasteiger partial charge in [0, 0.05) is 24.5 Å². The third kappa shape index (κ3) is 4.18. The van der Waals surface area contributed by atoms with E-state index in [0.717, 1.165) is 23.3 Å². The van der Waals surface area contributed by atoms with Crippen molar-refractivity contribution in [3.8, 4) is 0 Å². The van der Waals surface area contributed by atoms with Crippen LogP contribution >= 0.6 is 0 Å². The van der Waals surface area contributed by atoms with E-state index in [1.807, 2.05) is 6.92 Å². The lowest BCUT2D eigenvalue weighted by atomic mass is 10.1. The predicted octanol–water partition coefficient (Wildman–Crippen LogP) is 4.31. The van der Waals surface area contributed by atoms with Gasteiger partial charge in [-0.1, -0.05) is 6.07 Å². The summed E-state index contributed by atoms with van der Waals surface area (Å²) in [6.45, 7) is 1.85. The van der Waals surface area contributed by atoms with E-state index >= 15 is 0 Å². The van der Waals surface area contributed by atoms with Gasteiger partial charge in [-0.15, -0.1) is 0 Å². The molecule has 3 nitrogen and oxygen atoms in total. The zero-order chi connectivity index (χ0) is 17.0. The van der Waals surface area contributed by atoms with Crippen LogP contribution in [0, 0.1) is 6.92 Å². The molecular weight excluding hydrogens is 305 g/mol. The summed E-state index contributed by atoms with van der Waals surface area (Å²) < 4.78 is 37.5. The van der Waals surface area contributed by atoms with Gasteiger partial charge in [0.1, 0.15) is 0 Å². The van der Waals surface area contributed by atoms with Crippen molar-refractivity contribution >= 4 is 17.8 Å². The van der Waals surface area contributed by atoms with Crippen LogP contribution in [0.3, 0.4) is 0 Å². The van der Waals surface area contributed by atoms with Crippen LogP contribution < -0.4 is 5.32 Å². The molecule has 0 saturated carbocycles. The number of nitrogens with zero attached hydrogens (tertiary/aromatic N) is 1. The first-order chi connectivity index (χ1) is 10.8. The van der Waals surface area contributed by atoms with Gasteiger partial charge in [0.15, 0.2) is 0 Å². The molecule has 6 heteroatoms. The van der Waals surface area contributed by atoms with Crippen LogP contribution in [-0.2, 0) is 6.18 Å². The minimum atomic E-state index is -4.39. The van der Waals surface area contributed by atoms with Crippen LogP contribution in [0.1, 0.15) is 27.0 Å². The van der Waals surface area contributed by atoms with Crippen molar-refractivity contribution < 1.29 is 18.0 Å². The van der Waals surface area contributed by atoms with Gasteiger partial charge in [0.05, 0.1) is 5.56 Å². The minimum Gasteiger partial charge on any atom is -0.322 e. The van der Waals surface area contributed by atoms with E-state index in [1.54, 1.807) is 31.5 Å². The van der Waals surface area contributed by atoms with Gasteiger partial charge in [0.25, 0.3) is 5.91 Å². The Hall–Kier alpha value is -2.63. The fraction of sp³-hybridized carbons (Fsp3) is 0.176. The number of aryl methyl sites for hydroxylation is 1. The number of nitrogens with one attached hydrogen (secondary N) is 1. The summed E-state index contributed by atoms with van der Waals surface area (Å²) in [5, 5.41) is 2.58. The Balaban J connectivity index is 2.14. The topological polar surface area (TPSA) is 41.5 Å². The van der Waals surface area contributed by atoms with E-state index in [9.17, 15) is 18.0 Å². The lowest BCUT2D eigenvalue weighted by Crippen LogP contribution is -2.13. The monoisotopic (exact) mass is 320 g/mol. The highest BCUT2D eigenvalue weighted by Gasteiger charge is 2.29. The van der Waals surface area contributed by atoms with E-state index in [2.05, 4.69) is 10.3 Å². The summed E-state index contributed by atoms with van der Waals surface area (Å²) in [6.07, 6.45) is -2.71. The van der Waals surface area contributed by atoms with Crippen LogP contribution in [0.4, 0.5) is 18.9 Å². The lowest BCUT2D eigenvalue weighted by molar-refractivity contribution is -0.137. The second-order valence-corrected chi connectivity index (χ2v) is 4.99. The quantitative estimate of drug-likeness (QED) is 0.841. The Bertz CT molecular complexity index is 734. The molecule has 0 heterocycles. The van der Waals surface area contributed by atoms with Crippen LogP contribution in [0.2, 0.25) is 0 Å². The molecule has 0 spiro atoms. The molecule has 2 aromatic rings. The second kappa shape index (κ2) is 6.64. The van der Waals surface area contributed by atoms with Crippen molar-refractivity contribution in [3.05, 3.63) is 64.7 Å². The molecule has 2 aromatic carbocycles. The summed E-state index contributed by atoms with van der Waals surface area (Å²) in [7, 11) is 1.66. The van der Waals surface area contributed by atoms with Gasteiger partial charge < -0.3 is 5.32 Å². The number of hydrogen-bond acceptors (Lipinski definition) is 2. The molecule has 0 radical (unpaired) electrons. The van der Waals surface area contributed by atoms with E-state index in [-0.39, 0.29) is 5.91 Å². The van der Waals surface area contributed by atoms with Crippen molar-refractivity contribution in [1.82, 2.24) is 0 Å². The van der Waals surface area contributed by atoms with E-state index in [1.165, 1.54) is 12.1 Å². The Kier molecular flexibility index (Phi) is 4.83. The first kappa shape index (κ1) is 16.7. The minimum absolute atomic E-state index is 0.305. The van der Waals surface area contributed by atoms with Crippen molar-refractivity contribution in [1.29, 1.82) is 0 Å². The number of hydrogen-bond donors (Lipinski definition) is 1. The zero-order valence-corrected chi connectivity index (χ0v) is 12.6. The Morgan fingerprint density at radius 1 is 1.13 bits per heavy atom. The number of benzene rings is 2. The summed E-state index contributed by atoms with van der Waals surface area (Å²) in [5.41, 5.74) is 1.76. The molecule has 2 rings (SSSR count). The average Bonchev–Trinajstić information content (AvgIpc) is 2.49. The smallest absolute Gasteiger partial charge is 0.322 e. The molecule has 0 saturated heterocycles. The van der Waals surface area contributed by atoms with E-state index in [0.29, 0.717) is 11.3 Å². The summed E-state index contributed by atoms with van der Waals surface area (Å²) in [4.78, 5) is 16.1. The molecule has 0 atom stereocenters. The molecule has 0 aliphatic carbocycles. The fourth-order valence-corrected chi connectivity index (χ4v) is 2.05. The van der Waals surface area contributed by atoms with Gasteiger partial charge in [-0.2, -0.15) is 13.2 Å². The Labute approximate surface area is 131 Å². The molecular formula is C17H15F3N2O. The van der Waals surface area contributed by atoms with Gasteiger partial charge in [-0.3, -0.25) is 9.79 Å². The number of amides is 1. The van der Waals surface area contributed by atoms with Crippen molar-refractivity contribution in [3.63, 3.8) is 0 Å². The molecule has 23 heavy (non-hydrogen) atoms. The maximum Gasteiger partial charge on any atom is 0.416 e. The number of aliphatic imine (C=N–C) groups is 1. The number of anilines is 1. The SMILES string of the molecule is CN=Cc1ccc(C(=O)Nc2ccc(C(F)(F)F)cc2)cc1C. The first-order valence-electron chi connectivity index (χ1n) is 6.82. The number of carbonyl (C=O) groups is 1. The second-order valence-electron chi connectivity index (χ2n) is 4.99. The van der Waals surface area contributed by atoms with Gasteiger partial charge in [-0.25, -0.2) is 0 Å². The van der Waals surface area contributed by atoms with E-state index < -0.39 is 11.7 Å². The Morgan fingerprint density at radius 2 is 1.78 bits per heavy atom. The summed E-state index contributed by atoms with van der Waals surface area (Å²) in [5.74, 6) is -0.382. The van der Waals surface area contributed by atoms with Gasteiger partial charge >= 0.3 is 6.18 Å². The number of halogens is 3. The normalized spacial score (nSPS) is 11.7. The fourth-order valence-electron chi connectivity index (χ4n) is 2.05. The molecule has 0 aromatic heterocycles. The molecule has 0 fully saturated rings. The zero-order valence-electron chi connectivity index (χ0n) is 12.6. The predicted molar refractivity (Wildman–Crippen MR) is 84.1 cm³/mol. The maximum atomic E-state index is 12.5. The molecule has 0 aliphatic heterocycles. The third-order valence-electron chi connectivity index (χ3n) is 3.27. The molecule has 1 N–H and O–H groups in total. The average molecular weight is 320 g/mol. The van der Waals surface area contributed by atoms with E-state index in [4.69, 9.17) is 0 Å². The highest BCUT2D eigenvalue weighted by molar-refractivity contribution is 6.04. The van der Waals surface area contributed by atoms with Crippen LogP contribution in [-0.4, -0.2) is 19.2 Å². The Morgan fingerprint density at radius 3 is 2.30 bits per heavy atom. The third-order valence-corrected chi connectivity index (χ3v) is 3.27. The van der Waals surface area contributed by atoms with Crippen LogP contribution in [0.15, 0.2) is 47.5 Å². The van der Waals surface area contributed by atoms with Crippen molar-refractivity contribution in [2.45, 2.75) is 13.1 Å². The molecule has 0 unspecified atom stereocenters. The summed E-state index contributed by atoms with van der Waals surface area (Å²) in [6, 6.07) is 9.44. The molecule has 120 valence electrons. The van der Waals surface area contributed by atoms with Gasteiger partial charge in [-0.05, 0) is 54.4 Å².